The Hall–Kier alpha value is -1.61. The Labute approximate surface area is 119 Å². The van der Waals surface area contributed by atoms with E-state index in [0.29, 0.717) is 0 Å². The summed E-state index contributed by atoms with van der Waals surface area (Å²) in [6.45, 7) is 0.154. The van der Waals surface area contributed by atoms with Crippen molar-refractivity contribution in [2.45, 2.75) is 38.1 Å². The average molecular weight is 271 g/mol. The third kappa shape index (κ3) is 2.78. The summed E-state index contributed by atoms with van der Waals surface area (Å²) in [5, 5.41) is 12.1. The van der Waals surface area contributed by atoms with Crippen LogP contribution in [0.1, 0.15) is 40.7 Å². The van der Waals surface area contributed by atoms with Crippen LogP contribution in [-0.2, 0) is 12.8 Å². The number of carbonyl (C=O) groups is 1. The second-order valence-electron chi connectivity index (χ2n) is 5.83. The molecular formula is C17H21NO2. The van der Waals surface area contributed by atoms with Crippen LogP contribution < -0.4 is 5.32 Å². The number of rotatable bonds is 3. The number of aryl methyl sites for hydroxylation is 2. The average Bonchev–Trinajstić information content (AvgIpc) is 2.94. The van der Waals surface area contributed by atoms with Crippen LogP contribution in [0.25, 0.3) is 0 Å². The summed E-state index contributed by atoms with van der Waals surface area (Å²) in [6.07, 6.45) is 9.48. The van der Waals surface area contributed by atoms with Gasteiger partial charge in [-0.25, -0.2) is 0 Å². The highest BCUT2D eigenvalue weighted by molar-refractivity contribution is 5.94. The highest BCUT2D eigenvalue weighted by atomic mass is 16.3. The maximum atomic E-state index is 12.3. The van der Waals surface area contributed by atoms with Crippen molar-refractivity contribution >= 4 is 5.91 Å². The maximum absolute atomic E-state index is 12.3. The van der Waals surface area contributed by atoms with Gasteiger partial charge in [-0.3, -0.25) is 4.79 Å². The first-order valence-electron chi connectivity index (χ1n) is 7.48. The molecule has 3 nitrogen and oxygen atoms in total. The van der Waals surface area contributed by atoms with Crippen LogP contribution >= 0.6 is 0 Å². The van der Waals surface area contributed by atoms with E-state index >= 15 is 0 Å². The summed E-state index contributed by atoms with van der Waals surface area (Å²) < 4.78 is 0. The molecule has 2 N–H and O–H groups in total. The Bertz CT molecular complexity index is 536. The molecule has 0 radical (unpaired) electrons. The van der Waals surface area contributed by atoms with Gasteiger partial charge in [0, 0.05) is 24.1 Å². The Morgan fingerprint density at radius 3 is 2.75 bits per heavy atom. The number of amides is 1. The Kier molecular flexibility index (Phi) is 3.88. The minimum atomic E-state index is -0.00777. The van der Waals surface area contributed by atoms with Crippen molar-refractivity contribution in [2.24, 2.45) is 5.92 Å². The van der Waals surface area contributed by atoms with Gasteiger partial charge < -0.3 is 10.4 Å². The zero-order valence-electron chi connectivity index (χ0n) is 11.6. The van der Waals surface area contributed by atoms with E-state index in [0.717, 1.165) is 24.8 Å². The van der Waals surface area contributed by atoms with E-state index in [-0.39, 0.29) is 24.5 Å². The van der Waals surface area contributed by atoms with Crippen molar-refractivity contribution in [3.05, 3.63) is 47.0 Å². The molecule has 0 aliphatic heterocycles. The zero-order valence-corrected chi connectivity index (χ0v) is 11.6. The molecule has 0 aromatic heterocycles. The van der Waals surface area contributed by atoms with E-state index in [2.05, 4.69) is 11.4 Å². The molecule has 3 rings (SSSR count). The van der Waals surface area contributed by atoms with Gasteiger partial charge in [0.05, 0.1) is 0 Å². The van der Waals surface area contributed by atoms with Gasteiger partial charge in [-0.1, -0.05) is 18.2 Å². The summed E-state index contributed by atoms with van der Waals surface area (Å²) in [5.74, 6) is 0.176. The molecule has 1 amide bonds. The largest absolute Gasteiger partial charge is 0.396 e. The SMILES string of the molecule is O=C(N[C@@H]1C=C[C@H](CO)C1)c1ccc2c(c1)CCCC2. The normalized spacial score (nSPS) is 24.4. The molecule has 0 bridgehead atoms. The predicted octanol–water partition coefficient (Wildman–Crippen LogP) is 2.23. The molecule has 0 saturated carbocycles. The Morgan fingerprint density at radius 1 is 1.20 bits per heavy atom. The zero-order chi connectivity index (χ0) is 13.9. The van der Waals surface area contributed by atoms with Crippen molar-refractivity contribution in [2.75, 3.05) is 6.61 Å². The fourth-order valence-electron chi connectivity index (χ4n) is 3.14. The molecule has 1 aromatic carbocycles. The van der Waals surface area contributed by atoms with E-state index in [1.807, 2.05) is 24.3 Å². The fraction of sp³-hybridized carbons (Fsp3) is 0.471. The highest BCUT2D eigenvalue weighted by Gasteiger charge is 2.20. The molecule has 2 atom stereocenters. The number of benzene rings is 1. The van der Waals surface area contributed by atoms with Gasteiger partial charge in [0.15, 0.2) is 0 Å². The first-order chi connectivity index (χ1) is 9.76. The third-order valence-electron chi connectivity index (χ3n) is 4.33. The number of hydrogen-bond donors (Lipinski definition) is 2. The number of nitrogens with one attached hydrogen (secondary N) is 1. The molecule has 0 unspecified atom stereocenters. The second kappa shape index (κ2) is 5.80. The molecule has 0 heterocycles. The van der Waals surface area contributed by atoms with Gasteiger partial charge in [-0.05, 0) is 55.4 Å². The molecule has 3 heteroatoms. The van der Waals surface area contributed by atoms with Crippen LogP contribution in [0.5, 0.6) is 0 Å². The fourth-order valence-corrected chi connectivity index (χ4v) is 3.14. The molecule has 20 heavy (non-hydrogen) atoms. The van der Waals surface area contributed by atoms with Crippen molar-refractivity contribution in [3.63, 3.8) is 0 Å². The van der Waals surface area contributed by atoms with Crippen molar-refractivity contribution in [1.82, 2.24) is 5.32 Å². The number of carbonyl (C=O) groups excluding carboxylic acids is 1. The van der Waals surface area contributed by atoms with Gasteiger partial charge in [0.1, 0.15) is 0 Å². The van der Waals surface area contributed by atoms with Crippen LogP contribution in [0.15, 0.2) is 30.4 Å². The number of aliphatic hydroxyl groups excluding tert-OH is 1. The minimum absolute atomic E-state index is 0.00777. The number of aliphatic hydroxyl groups is 1. The molecule has 2 aliphatic carbocycles. The lowest BCUT2D eigenvalue weighted by molar-refractivity contribution is 0.0941. The lowest BCUT2D eigenvalue weighted by Gasteiger charge is -2.17. The lowest BCUT2D eigenvalue weighted by Crippen LogP contribution is -2.33. The summed E-state index contributed by atoms with van der Waals surface area (Å²) in [7, 11) is 0. The molecule has 0 spiro atoms. The number of hydrogen-bond acceptors (Lipinski definition) is 2. The minimum Gasteiger partial charge on any atom is -0.396 e. The molecule has 0 saturated heterocycles. The van der Waals surface area contributed by atoms with Crippen molar-refractivity contribution < 1.29 is 9.90 Å². The van der Waals surface area contributed by atoms with E-state index in [1.54, 1.807) is 0 Å². The third-order valence-corrected chi connectivity index (χ3v) is 4.33. The van der Waals surface area contributed by atoms with Crippen LogP contribution in [0.4, 0.5) is 0 Å². The summed E-state index contributed by atoms with van der Waals surface area (Å²) in [5.41, 5.74) is 3.49. The topological polar surface area (TPSA) is 49.3 Å². The lowest BCUT2D eigenvalue weighted by atomic mass is 9.90. The van der Waals surface area contributed by atoms with E-state index < -0.39 is 0 Å². The van der Waals surface area contributed by atoms with Crippen LogP contribution in [-0.4, -0.2) is 23.7 Å². The van der Waals surface area contributed by atoms with Crippen LogP contribution in [0.2, 0.25) is 0 Å². The van der Waals surface area contributed by atoms with Gasteiger partial charge in [-0.15, -0.1) is 0 Å². The quantitative estimate of drug-likeness (QED) is 0.828. The molecule has 0 fully saturated rings. The predicted molar refractivity (Wildman–Crippen MR) is 78.7 cm³/mol. The Balaban J connectivity index is 1.67. The summed E-state index contributed by atoms with van der Waals surface area (Å²) in [4.78, 5) is 12.3. The molecule has 2 aliphatic rings. The van der Waals surface area contributed by atoms with Gasteiger partial charge in [0.2, 0.25) is 0 Å². The first-order valence-corrected chi connectivity index (χ1v) is 7.48. The summed E-state index contributed by atoms with van der Waals surface area (Å²) in [6, 6.07) is 6.13. The van der Waals surface area contributed by atoms with Crippen molar-refractivity contribution in [1.29, 1.82) is 0 Å². The van der Waals surface area contributed by atoms with E-state index in [4.69, 9.17) is 5.11 Å². The van der Waals surface area contributed by atoms with Crippen molar-refractivity contribution in [3.8, 4) is 0 Å². The Morgan fingerprint density at radius 2 is 2.00 bits per heavy atom. The monoisotopic (exact) mass is 271 g/mol. The molecule has 106 valence electrons. The maximum Gasteiger partial charge on any atom is 0.251 e. The first kappa shape index (κ1) is 13.4. The van der Waals surface area contributed by atoms with Gasteiger partial charge in [-0.2, -0.15) is 0 Å². The molecular weight excluding hydrogens is 250 g/mol. The van der Waals surface area contributed by atoms with E-state index in [9.17, 15) is 4.79 Å². The van der Waals surface area contributed by atoms with Crippen LogP contribution in [0, 0.1) is 5.92 Å². The highest BCUT2D eigenvalue weighted by Crippen LogP contribution is 2.23. The van der Waals surface area contributed by atoms with Crippen LogP contribution in [0.3, 0.4) is 0 Å². The standard InChI is InChI=1S/C17H21NO2/c19-11-12-5-8-16(9-12)18-17(20)15-7-6-13-3-1-2-4-14(13)10-15/h5-8,10,12,16,19H,1-4,9,11H2,(H,18,20)/t12-,16+/m0/s1. The van der Waals surface area contributed by atoms with Gasteiger partial charge in [0.25, 0.3) is 5.91 Å². The smallest absolute Gasteiger partial charge is 0.251 e. The second-order valence-corrected chi connectivity index (χ2v) is 5.83. The van der Waals surface area contributed by atoms with E-state index in [1.165, 1.54) is 24.0 Å². The number of fused-ring (bicyclic) bond motifs is 1. The molecule has 1 aromatic rings. The summed E-state index contributed by atoms with van der Waals surface area (Å²) >= 11 is 0. The van der Waals surface area contributed by atoms with Gasteiger partial charge >= 0.3 is 0 Å².